The van der Waals surface area contributed by atoms with E-state index in [9.17, 15) is 0 Å². The Morgan fingerprint density at radius 3 is 1.02 bits per heavy atom. The Morgan fingerprint density at radius 2 is 0.627 bits per heavy atom. The number of ether oxygens (including phenoxy) is 4. The maximum absolute atomic E-state index is 6.98. The van der Waals surface area contributed by atoms with E-state index < -0.39 is 0 Å². The number of rotatable bonds is 12. The highest BCUT2D eigenvalue weighted by Gasteiger charge is 2.30. The minimum atomic E-state index is 0.542. The van der Waals surface area contributed by atoms with Gasteiger partial charge >= 0.3 is 0 Å². The molecular weight excluding hydrogens is 789 g/mol. The summed E-state index contributed by atoms with van der Waals surface area (Å²) in [5.41, 5.74) is 4.99. The molecule has 0 unspecified atom stereocenters. The van der Waals surface area contributed by atoms with Gasteiger partial charge in [-0.15, -0.1) is 22.7 Å². The average molecular weight is 821 g/mol. The van der Waals surface area contributed by atoms with Gasteiger partial charge in [0, 0.05) is 30.6 Å². The molecule has 0 atom stereocenters. The van der Waals surface area contributed by atoms with Crippen LogP contribution in [0.25, 0.3) is 52.8 Å². The smallest absolute Gasteiger partial charge is 0.181 e. The van der Waals surface area contributed by atoms with E-state index in [1.807, 2.05) is 158 Å². The Balaban J connectivity index is 1.15. The third-order valence-corrected chi connectivity index (χ3v) is 12.3. The monoisotopic (exact) mass is 820 g/mol. The Kier molecular flexibility index (Phi) is 10.1. The van der Waals surface area contributed by atoms with Gasteiger partial charge in [0.2, 0.25) is 0 Å². The molecule has 0 saturated carbocycles. The Bertz CT molecular complexity index is 2800. The van der Waals surface area contributed by atoms with E-state index in [-0.39, 0.29) is 0 Å². The lowest BCUT2D eigenvalue weighted by Gasteiger charge is -2.19. The zero-order valence-corrected chi connectivity index (χ0v) is 33.7. The van der Waals surface area contributed by atoms with Gasteiger partial charge in [0.05, 0.1) is 22.9 Å². The minimum absolute atomic E-state index is 0.542. The first-order valence-electron chi connectivity index (χ1n) is 18.9. The molecule has 59 heavy (non-hydrogen) atoms. The van der Waals surface area contributed by atoms with Gasteiger partial charge in [-0.1, -0.05) is 97.1 Å². The quantitative estimate of drug-likeness (QED) is 0.122. The highest BCUT2D eigenvalue weighted by molar-refractivity contribution is 7.19. The van der Waals surface area contributed by atoms with E-state index in [1.165, 1.54) is 11.7 Å². The van der Waals surface area contributed by atoms with Crippen molar-refractivity contribution in [3.8, 4) is 87.8 Å². The second kappa shape index (κ2) is 16.4. The van der Waals surface area contributed by atoms with Crippen LogP contribution in [0.15, 0.2) is 194 Å². The van der Waals surface area contributed by atoms with Gasteiger partial charge in [-0.25, -0.2) is 0 Å². The summed E-state index contributed by atoms with van der Waals surface area (Å²) in [5.74, 6) is 5.48. The average Bonchev–Trinajstić information content (AvgIpc) is 4.09. The molecule has 0 aliphatic rings. The highest BCUT2D eigenvalue weighted by Crippen LogP contribution is 2.56. The third kappa shape index (κ3) is 7.58. The van der Waals surface area contributed by atoms with Crippen molar-refractivity contribution < 1.29 is 18.9 Å². The summed E-state index contributed by atoms with van der Waals surface area (Å²) in [6.45, 7) is 0. The molecule has 0 aliphatic carbocycles. The number of benzene rings is 7. The molecular formula is C50H32N2O4S3. The third-order valence-electron chi connectivity index (χ3n) is 9.50. The predicted octanol–water partition coefficient (Wildman–Crippen LogP) is 15.7. The fourth-order valence-electron chi connectivity index (χ4n) is 6.81. The number of para-hydroxylation sites is 6. The zero-order valence-electron chi connectivity index (χ0n) is 31.2. The topological polar surface area (TPSA) is 62.7 Å². The molecule has 9 heteroatoms. The van der Waals surface area contributed by atoms with E-state index in [0.29, 0.717) is 23.0 Å². The first-order chi connectivity index (χ1) is 29.2. The maximum Gasteiger partial charge on any atom is 0.181 e. The molecule has 0 saturated heterocycles. The Hall–Kier alpha value is -7.04. The highest BCUT2D eigenvalue weighted by atomic mass is 32.1. The van der Waals surface area contributed by atoms with Gasteiger partial charge in [-0.2, -0.15) is 8.75 Å². The second-order valence-corrected chi connectivity index (χ2v) is 16.0. The molecule has 0 radical (unpaired) electrons. The van der Waals surface area contributed by atoms with Crippen molar-refractivity contribution in [2.24, 2.45) is 0 Å². The van der Waals surface area contributed by atoms with Crippen LogP contribution >= 0.6 is 34.4 Å². The van der Waals surface area contributed by atoms with Crippen molar-refractivity contribution >= 4 is 45.4 Å². The lowest BCUT2D eigenvalue weighted by Crippen LogP contribution is -1.97. The van der Waals surface area contributed by atoms with Crippen LogP contribution in [-0.2, 0) is 0 Å². The summed E-state index contributed by atoms with van der Waals surface area (Å²) in [7, 11) is 0. The number of hydrogen-bond acceptors (Lipinski definition) is 9. The number of aromatic nitrogens is 2. The molecule has 6 nitrogen and oxygen atoms in total. The van der Waals surface area contributed by atoms with E-state index in [0.717, 1.165) is 75.8 Å². The molecule has 10 aromatic rings. The Morgan fingerprint density at radius 1 is 0.305 bits per heavy atom. The standard InChI is InChI=1S/C50H32N2O4S3/c1-5-17-33(18-6-1)53-39-27-15-13-25-37(39)41-29-31-43(57-41)45-47-48(52-59-51-47)46(50(56-36-23-11-4-12-24-36)49(45)55-35-21-9-3-10-22-35)44-32-30-42(58-44)38-26-14-16-28-40(38)54-34-19-7-2-8-20-34/h1-32H. The largest absolute Gasteiger partial charge is 0.457 e. The van der Waals surface area contributed by atoms with Gasteiger partial charge in [-0.3, -0.25) is 0 Å². The molecule has 0 fully saturated rings. The number of fused-ring (bicyclic) bond motifs is 1. The number of hydrogen-bond donors (Lipinski definition) is 0. The fourth-order valence-corrected chi connectivity index (χ4v) is 9.52. The maximum atomic E-state index is 6.98. The van der Waals surface area contributed by atoms with Crippen LogP contribution in [0.4, 0.5) is 0 Å². The van der Waals surface area contributed by atoms with Gasteiger partial charge < -0.3 is 18.9 Å². The summed E-state index contributed by atoms with van der Waals surface area (Å²) in [6, 6.07) is 63.9. The van der Waals surface area contributed by atoms with Crippen LogP contribution < -0.4 is 18.9 Å². The van der Waals surface area contributed by atoms with Crippen molar-refractivity contribution in [2.45, 2.75) is 0 Å². The summed E-state index contributed by atoms with van der Waals surface area (Å²) >= 11 is 4.45. The van der Waals surface area contributed by atoms with Gasteiger partial charge in [0.1, 0.15) is 45.5 Å². The van der Waals surface area contributed by atoms with E-state index in [1.54, 1.807) is 22.7 Å². The summed E-state index contributed by atoms with van der Waals surface area (Å²) < 4.78 is 36.7. The molecule has 0 bridgehead atoms. The van der Waals surface area contributed by atoms with Crippen molar-refractivity contribution in [3.05, 3.63) is 194 Å². The van der Waals surface area contributed by atoms with E-state index in [4.69, 9.17) is 27.7 Å². The molecule has 10 rings (SSSR count). The molecule has 0 aliphatic heterocycles. The summed E-state index contributed by atoms with van der Waals surface area (Å²) in [5, 5.41) is 0. The SMILES string of the molecule is c1ccc(Oc2ccccc2-c2ccc(-c3c(Oc4ccccc4)c(Oc4ccccc4)c(-c4ccc(-c5ccccc5Oc5ccccc5)s4)c4nsnc34)s2)cc1. The van der Waals surface area contributed by atoms with Gasteiger partial charge in [-0.05, 0) is 97.1 Å². The van der Waals surface area contributed by atoms with Crippen LogP contribution in [0.5, 0.6) is 46.0 Å². The van der Waals surface area contributed by atoms with Crippen molar-refractivity contribution in [1.82, 2.24) is 8.75 Å². The van der Waals surface area contributed by atoms with E-state index in [2.05, 4.69) is 36.4 Å². The van der Waals surface area contributed by atoms with E-state index >= 15 is 0 Å². The molecule has 3 heterocycles. The zero-order chi connectivity index (χ0) is 39.4. The summed E-state index contributed by atoms with van der Waals surface area (Å²) in [6.07, 6.45) is 0. The summed E-state index contributed by atoms with van der Waals surface area (Å²) in [4.78, 5) is 3.95. The normalized spacial score (nSPS) is 11.1. The lowest BCUT2D eigenvalue weighted by atomic mass is 10.0. The lowest BCUT2D eigenvalue weighted by molar-refractivity contribution is 0.422. The van der Waals surface area contributed by atoms with Crippen molar-refractivity contribution in [2.75, 3.05) is 0 Å². The molecule has 7 aromatic carbocycles. The number of nitrogens with zero attached hydrogens (tertiary/aromatic N) is 2. The first-order valence-corrected chi connectivity index (χ1v) is 21.2. The van der Waals surface area contributed by atoms with Crippen LogP contribution in [0, 0.1) is 0 Å². The van der Waals surface area contributed by atoms with Gasteiger partial charge in [0.15, 0.2) is 11.5 Å². The molecule has 284 valence electrons. The predicted molar refractivity (Wildman–Crippen MR) is 241 cm³/mol. The minimum Gasteiger partial charge on any atom is -0.457 e. The molecule has 3 aromatic heterocycles. The van der Waals surface area contributed by atoms with Crippen LogP contribution in [-0.4, -0.2) is 8.75 Å². The van der Waals surface area contributed by atoms with Gasteiger partial charge in [0.25, 0.3) is 0 Å². The van der Waals surface area contributed by atoms with Crippen LogP contribution in [0.1, 0.15) is 0 Å². The Labute approximate surface area is 353 Å². The second-order valence-electron chi connectivity index (χ2n) is 13.4. The number of thiophene rings is 2. The van der Waals surface area contributed by atoms with Crippen LogP contribution in [0.3, 0.4) is 0 Å². The van der Waals surface area contributed by atoms with Crippen molar-refractivity contribution in [3.63, 3.8) is 0 Å². The van der Waals surface area contributed by atoms with Crippen molar-refractivity contribution in [1.29, 1.82) is 0 Å². The molecule has 0 amide bonds. The molecule has 0 spiro atoms. The first kappa shape index (κ1) is 36.3. The molecule has 0 N–H and O–H groups in total. The van der Waals surface area contributed by atoms with Crippen LogP contribution in [0.2, 0.25) is 0 Å². The fraction of sp³-hybridized carbons (Fsp3) is 0.